The highest BCUT2D eigenvalue weighted by Crippen LogP contribution is 2.47. The molecule has 1 atom stereocenters. The molecule has 1 aliphatic rings. The number of Topliss-reactive ketones (excluding diaryl/α,β-unsaturated/α-hetero) is 1. The molecule has 1 aromatic carbocycles. The molecule has 0 bridgehead atoms. The number of para-hydroxylation sites is 1. The quantitative estimate of drug-likeness (QED) is 0.836. The first-order valence-corrected chi connectivity index (χ1v) is 8.16. The van der Waals surface area contributed by atoms with Crippen LogP contribution >= 0.6 is 0 Å². The predicted octanol–water partition coefficient (Wildman–Crippen LogP) is 3.49. The molecular weight excluding hydrogens is 320 g/mol. The Labute approximate surface area is 147 Å². The Morgan fingerprint density at radius 3 is 2.48 bits per heavy atom. The smallest absolute Gasteiger partial charge is 0.421 e. The van der Waals surface area contributed by atoms with Gasteiger partial charge in [0.15, 0.2) is 0 Å². The zero-order valence-electron chi connectivity index (χ0n) is 15.0. The van der Waals surface area contributed by atoms with Gasteiger partial charge in [0, 0.05) is 6.42 Å². The number of imide groups is 1. The van der Waals surface area contributed by atoms with E-state index < -0.39 is 23.0 Å². The molecule has 0 saturated carbocycles. The Hall–Kier alpha value is -2.68. The number of carbonyl (C=O) groups is 3. The number of hydrogen-bond acceptors (Lipinski definition) is 5. The fraction of sp³-hybridized carbons (Fsp3) is 0.474. The molecular formula is C19H22N2O4. The Morgan fingerprint density at radius 2 is 1.92 bits per heavy atom. The third-order valence-electron chi connectivity index (χ3n) is 4.13. The summed E-state index contributed by atoms with van der Waals surface area (Å²) in [5.74, 6) is -0.580. The van der Waals surface area contributed by atoms with Crippen molar-refractivity contribution in [2.24, 2.45) is 0 Å². The van der Waals surface area contributed by atoms with Crippen LogP contribution in [0.5, 0.6) is 0 Å². The van der Waals surface area contributed by atoms with Crippen LogP contribution in [-0.4, -0.2) is 23.4 Å². The van der Waals surface area contributed by atoms with Gasteiger partial charge in [-0.15, -0.1) is 0 Å². The zero-order valence-corrected chi connectivity index (χ0v) is 15.0. The van der Waals surface area contributed by atoms with E-state index in [0.29, 0.717) is 11.3 Å². The van der Waals surface area contributed by atoms with E-state index in [0.717, 1.165) is 4.90 Å². The van der Waals surface area contributed by atoms with Gasteiger partial charge in [0.25, 0.3) is 0 Å². The van der Waals surface area contributed by atoms with Crippen molar-refractivity contribution in [3.8, 4) is 6.07 Å². The van der Waals surface area contributed by atoms with Gasteiger partial charge >= 0.3 is 6.09 Å². The lowest BCUT2D eigenvalue weighted by Gasteiger charge is -2.27. The van der Waals surface area contributed by atoms with Gasteiger partial charge in [-0.2, -0.15) is 5.26 Å². The van der Waals surface area contributed by atoms with Crippen LogP contribution in [0.3, 0.4) is 0 Å². The van der Waals surface area contributed by atoms with E-state index in [-0.39, 0.29) is 25.0 Å². The lowest BCUT2D eigenvalue weighted by atomic mass is 9.75. The highest BCUT2D eigenvalue weighted by Gasteiger charge is 2.53. The summed E-state index contributed by atoms with van der Waals surface area (Å²) in [5, 5.41) is 9.29. The number of rotatable bonds is 4. The minimum Gasteiger partial charge on any atom is -0.443 e. The van der Waals surface area contributed by atoms with Crippen molar-refractivity contribution in [3.05, 3.63) is 29.8 Å². The molecule has 0 N–H and O–H groups in total. The van der Waals surface area contributed by atoms with Crippen molar-refractivity contribution >= 4 is 23.5 Å². The summed E-state index contributed by atoms with van der Waals surface area (Å²) >= 11 is 0. The molecule has 6 nitrogen and oxygen atoms in total. The molecule has 2 amide bonds. The maximum Gasteiger partial charge on any atom is 0.421 e. The number of carbonyl (C=O) groups excluding carboxylic acids is 3. The molecule has 0 spiro atoms. The van der Waals surface area contributed by atoms with Crippen molar-refractivity contribution in [2.75, 3.05) is 4.90 Å². The topological polar surface area (TPSA) is 87.5 Å². The molecule has 0 aliphatic carbocycles. The van der Waals surface area contributed by atoms with E-state index in [1.165, 1.54) is 6.92 Å². The molecule has 6 heteroatoms. The maximum absolute atomic E-state index is 13.2. The minimum atomic E-state index is -1.20. The largest absolute Gasteiger partial charge is 0.443 e. The Bertz CT molecular complexity index is 757. The second-order valence-electron chi connectivity index (χ2n) is 7.26. The van der Waals surface area contributed by atoms with E-state index >= 15 is 0 Å². The Balaban J connectivity index is 2.53. The first kappa shape index (κ1) is 18.7. The normalized spacial score (nSPS) is 19.3. The van der Waals surface area contributed by atoms with Crippen LogP contribution in [0.1, 0.15) is 52.5 Å². The van der Waals surface area contributed by atoms with Gasteiger partial charge in [0.05, 0.1) is 23.6 Å². The second-order valence-corrected chi connectivity index (χ2v) is 7.26. The summed E-state index contributed by atoms with van der Waals surface area (Å²) < 4.78 is 5.36. The number of ether oxygens (including phenoxy) is 1. The molecule has 1 aromatic rings. The number of amides is 2. The van der Waals surface area contributed by atoms with Gasteiger partial charge in [-0.3, -0.25) is 4.79 Å². The molecule has 0 unspecified atom stereocenters. The Kier molecular flexibility index (Phi) is 4.98. The summed E-state index contributed by atoms with van der Waals surface area (Å²) in [4.78, 5) is 38.2. The average Bonchev–Trinajstić information content (AvgIpc) is 2.74. The number of nitrogens with zero attached hydrogens (tertiary/aromatic N) is 2. The standard InChI is InChI=1S/C19H22N2O4/c1-13(22)9-10-19(11-12-20)14-7-5-6-8-15(14)21(16(19)23)17(24)25-18(2,3)4/h5-8H,9-11H2,1-4H3/t19-/m1/s1. The molecule has 1 heterocycles. The number of fused-ring (bicyclic) bond motifs is 1. The van der Waals surface area contributed by atoms with E-state index in [4.69, 9.17) is 4.74 Å². The number of ketones is 1. The second kappa shape index (κ2) is 6.67. The molecule has 25 heavy (non-hydrogen) atoms. The van der Waals surface area contributed by atoms with E-state index in [1.807, 2.05) is 6.07 Å². The zero-order chi connectivity index (χ0) is 18.8. The van der Waals surface area contributed by atoms with Crippen LogP contribution in [0, 0.1) is 11.3 Å². The summed E-state index contributed by atoms with van der Waals surface area (Å²) in [6, 6.07) is 8.90. The molecule has 132 valence electrons. The average molecular weight is 342 g/mol. The van der Waals surface area contributed by atoms with Crippen LogP contribution in [0.4, 0.5) is 10.5 Å². The van der Waals surface area contributed by atoms with Crippen LogP contribution in [0.2, 0.25) is 0 Å². The SMILES string of the molecule is CC(=O)CC[C@]1(CC#N)C(=O)N(C(=O)OC(C)(C)C)c2ccccc21. The molecule has 1 aliphatic heterocycles. The monoisotopic (exact) mass is 342 g/mol. The highest BCUT2D eigenvalue weighted by molar-refractivity contribution is 6.21. The Morgan fingerprint density at radius 1 is 1.28 bits per heavy atom. The summed E-state index contributed by atoms with van der Waals surface area (Å²) in [5.41, 5.74) is -0.950. The molecule has 0 saturated heterocycles. The summed E-state index contributed by atoms with van der Waals surface area (Å²) in [7, 11) is 0. The summed E-state index contributed by atoms with van der Waals surface area (Å²) in [6.45, 7) is 6.60. The number of anilines is 1. The third-order valence-corrected chi connectivity index (χ3v) is 4.13. The van der Waals surface area contributed by atoms with Crippen LogP contribution in [0.15, 0.2) is 24.3 Å². The lowest BCUT2D eigenvalue weighted by Crippen LogP contribution is -2.45. The van der Waals surface area contributed by atoms with Gasteiger partial charge < -0.3 is 9.53 Å². The summed E-state index contributed by atoms with van der Waals surface area (Å²) in [6.07, 6.45) is -0.530. The van der Waals surface area contributed by atoms with Gasteiger partial charge in [0.1, 0.15) is 11.4 Å². The van der Waals surface area contributed by atoms with Crippen molar-refractivity contribution < 1.29 is 19.1 Å². The molecule has 0 fully saturated rings. The van der Waals surface area contributed by atoms with Crippen LogP contribution in [0.25, 0.3) is 0 Å². The first-order valence-electron chi connectivity index (χ1n) is 8.16. The van der Waals surface area contributed by atoms with E-state index in [2.05, 4.69) is 0 Å². The highest BCUT2D eigenvalue weighted by atomic mass is 16.6. The minimum absolute atomic E-state index is 0.0710. The van der Waals surface area contributed by atoms with Crippen LogP contribution < -0.4 is 4.90 Å². The van der Waals surface area contributed by atoms with Gasteiger partial charge in [-0.25, -0.2) is 9.69 Å². The first-order chi connectivity index (χ1) is 11.6. The third kappa shape index (κ3) is 3.55. The fourth-order valence-corrected chi connectivity index (χ4v) is 3.03. The molecule has 0 radical (unpaired) electrons. The number of benzene rings is 1. The molecule has 2 rings (SSSR count). The van der Waals surface area contributed by atoms with Crippen molar-refractivity contribution in [1.29, 1.82) is 5.26 Å². The van der Waals surface area contributed by atoms with Crippen LogP contribution in [-0.2, 0) is 19.7 Å². The lowest BCUT2D eigenvalue weighted by molar-refractivity contribution is -0.123. The predicted molar refractivity (Wildman–Crippen MR) is 92.0 cm³/mol. The van der Waals surface area contributed by atoms with Gasteiger partial charge in [-0.1, -0.05) is 18.2 Å². The molecule has 0 aromatic heterocycles. The van der Waals surface area contributed by atoms with Crippen molar-refractivity contribution in [2.45, 2.75) is 58.0 Å². The fourth-order valence-electron chi connectivity index (χ4n) is 3.03. The van der Waals surface area contributed by atoms with E-state index in [1.54, 1.807) is 45.0 Å². The van der Waals surface area contributed by atoms with Crippen molar-refractivity contribution in [1.82, 2.24) is 0 Å². The number of hydrogen-bond donors (Lipinski definition) is 0. The van der Waals surface area contributed by atoms with E-state index in [9.17, 15) is 19.6 Å². The number of nitriles is 1. The van der Waals surface area contributed by atoms with Gasteiger partial charge in [-0.05, 0) is 45.7 Å². The van der Waals surface area contributed by atoms with Gasteiger partial charge in [0.2, 0.25) is 5.91 Å². The maximum atomic E-state index is 13.2. The van der Waals surface area contributed by atoms with Crippen molar-refractivity contribution in [3.63, 3.8) is 0 Å².